The number of nitrogens with one attached hydrogen (secondary N) is 1. The van der Waals surface area contributed by atoms with E-state index in [1.807, 2.05) is 30.5 Å². The number of carbonyl (C=O) groups excluding carboxylic acids is 1. The minimum Gasteiger partial charge on any atom is -0.496 e. The number of ether oxygens (including phenoxy) is 1. The Hall–Kier alpha value is -2.91. The van der Waals surface area contributed by atoms with Crippen LogP contribution in [-0.2, 0) is 4.79 Å². The van der Waals surface area contributed by atoms with Crippen LogP contribution in [0.15, 0.2) is 52.7 Å². The first kappa shape index (κ1) is 20.8. The summed E-state index contributed by atoms with van der Waals surface area (Å²) in [5.74, 6) is 0.534. The number of anilines is 1. The van der Waals surface area contributed by atoms with Crippen LogP contribution in [0.5, 0.6) is 5.75 Å². The molecule has 1 heterocycles. The van der Waals surface area contributed by atoms with Gasteiger partial charge in [0.25, 0.3) is 5.69 Å². The number of aromatic nitrogens is 1. The maximum atomic E-state index is 12.5. The van der Waals surface area contributed by atoms with E-state index >= 15 is 0 Å². The number of nitro benzene ring substituents is 1. The first-order valence-electron chi connectivity index (χ1n) is 8.70. The summed E-state index contributed by atoms with van der Waals surface area (Å²) in [6.45, 7) is 3.77. The van der Waals surface area contributed by atoms with E-state index in [-0.39, 0.29) is 11.6 Å². The summed E-state index contributed by atoms with van der Waals surface area (Å²) in [7, 11) is 1.61. The Morgan fingerprint density at radius 2 is 2.00 bits per heavy atom. The highest BCUT2D eigenvalue weighted by molar-refractivity contribution is 8.00. The van der Waals surface area contributed by atoms with Crippen molar-refractivity contribution in [1.82, 2.24) is 4.98 Å². The Balaban J connectivity index is 1.67. The van der Waals surface area contributed by atoms with E-state index in [9.17, 15) is 14.9 Å². The molecule has 1 N–H and O–H groups in total. The molecule has 0 radical (unpaired) electrons. The van der Waals surface area contributed by atoms with Gasteiger partial charge in [0.1, 0.15) is 5.75 Å². The van der Waals surface area contributed by atoms with Gasteiger partial charge in [-0.2, -0.15) is 0 Å². The van der Waals surface area contributed by atoms with Gasteiger partial charge in [-0.05, 0) is 38.1 Å². The van der Waals surface area contributed by atoms with Crippen molar-refractivity contribution in [3.8, 4) is 17.0 Å². The Bertz CT molecular complexity index is 1030. The summed E-state index contributed by atoms with van der Waals surface area (Å²) in [4.78, 5) is 28.1. The number of nitrogens with zero attached hydrogens (tertiary/aromatic N) is 2. The van der Waals surface area contributed by atoms with Crippen LogP contribution in [-0.4, -0.2) is 28.2 Å². The highest BCUT2D eigenvalue weighted by atomic mass is 32.2. The largest absolute Gasteiger partial charge is 0.496 e. The zero-order chi connectivity index (χ0) is 21.0. The molecule has 2 aromatic carbocycles. The third-order valence-electron chi connectivity index (χ3n) is 4.09. The lowest BCUT2D eigenvalue weighted by molar-refractivity contribution is -0.384. The molecule has 0 aliphatic heterocycles. The molecule has 9 heteroatoms. The predicted octanol–water partition coefficient (Wildman–Crippen LogP) is 5.15. The van der Waals surface area contributed by atoms with Gasteiger partial charge in [0, 0.05) is 28.0 Å². The average molecular weight is 430 g/mol. The summed E-state index contributed by atoms with van der Waals surface area (Å²) in [6.07, 6.45) is 0. The zero-order valence-electron chi connectivity index (χ0n) is 16.0. The standard InChI is InChI=1S/C20H19N3O4S2/c1-12-4-9-18(27-3)16(10-12)17-11-28-20(21-17)22-19(24)13(2)29-15-7-5-14(6-8-15)23(25)26/h4-11,13H,1-3H3,(H,21,22,24). The number of non-ortho nitro benzene ring substituents is 1. The summed E-state index contributed by atoms with van der Waals surface area (Å²) in [5, 5.41) is 15.6. The van der Waals surface area contributed by atoms with Gasteiger partial charge >= 0.3 is 0 Å². The van der Waals surface area contributed by atoms with Crippen LogP contribution in [0.25, 0.3) is 11.3 Å². The van der Waals surface area contributed by atoms with Crippen molar-refractivity contribution in [2.24, 2.45) is 0 Å². The minimum absolute atomic E-state index is 0.0216. The van der Waals surface area contributed by atoms with E-state index in [2.05, 4.69) is 10.3 Å². The molecule has 0 spiro atoms. The first-order chi connectivity index (χ1) is 13.9. The average Bonchev–Trinajstić information content (AvgIpc) is 3.16. The van der Waals surface area contributed by atoms with E-state index in [0.29, 0.717) is 5.13 Å². The number of thioether (sulfide) groups is 1. The summed E-state index contributed by atoms with van der Waals surface area (Å²) in [5.41, 5.74) is 2.72. The second-order valence-corrected chi connectivity index (χ2v) is 8.51. The fraction of sp³-hybridized carbons (Fsp3) is 0.200. The van der Waals surface area contributed by atoms with Crippen LogP contribution >= 0.6 is 23.1 Å². The molecule has 7 nitrogen and oxygen atoms in total. The van der Waals surface area contributed by atoms with Crippen LogP contribution in [0.4, 0.5) is 10.8 Å². The molecule has 1 unspecified atom stereocenters. The van der Waals surface area contributed by atoms with E-state index in [4.69, 9.17) is 4.74 Å². The Morgan fingerprint density at radius 3 is 2.66 bits per heavy atom. The lowest BCUT2D eigenvalue weighted by Crippen LogP contribution is -2.22. The maximum Gasteiger partial charge on any atom is 0.269 e. The number of nitro groups is 1. The van der Waals surface area contributed by atoms with Gasteiger partial charge in [-0.15, -0.1) is 23.1 Å². The number of amides is 1. The minimum atomic E-state index is -0.451. The second kappa shape index (κ2) is 9.06. The fourth-order valence-corrected chi connectivity index (χ4v) is 4.17. The van der Waals surface area contributed by atoms with Crippen molar-refractivity contribution in [3.05, 3.63) is 63.5 Å². The number of thiazole rings is 1. The van der Waals surface area contributed by atoms with Crippen LogP contribution in [0.2, 0.25) is 0 Å². The van der Waals surface area contributed by atoms with E-state index in [0.717, 1.165) is 27.5 Å². The molecule has 150 valence electrons. The van der Waals surface area contributed by atoms with E-state index in [1.54, 1.807) is 26.2 Å². The number of rotatable bonds is 7. The highest BCUT2D eigenvalue weighted by Gasteiger charge is 2.18. The SMILES string of the molecule is COc1ccc(C)cc1-c1csc(NC(=O)C(C)Sc2ccc([N+](=O)[O-])cc2)n1. The molecule has 0 fully saturated rings. The van der Waals surface area contributed by atoms with Gasteiger partial charge in [-0.1, -0.05) is 11.6 Å². The quantitative estimate of drug-likeness (QED) is 0.317. The molecular weight excluding hydrogens is 410 g/mol. The molecule has 0 aliphatic carbocycles. The van der Waals surface area contributed by atoms with Crippen LogP contribution in [0, 0.1) is 17.0 Å². The molecule has 0 bridgehead atoms. The molecule has 0 aliphatic rings. The van der Waals surface area contributed by atoms with Gasteiger partial charge < -0.3 is 10.1 Å². The molecule has 0 saturated heterocycles. The Labute approximate surface area is 176 Å². The van der Waals surface area contributed by atoms with E-state index in [1.165, 1.54) is 35.2 Å². The molecular formula is C20H19N3O4S2. The van der Waals surface area contributed by atoms with Crippen molar-refractivity contribution < 1.29 is 14.5 Å². The van der Waals surface area contributed by atoms with Crippen LogP contribution in [0.1, 0.15) is 12.5 Å². The number of methoxy groups -OCH3 is 1. The van der Waals surface area contributed by atoms with Crippen molar-refractivity contribution in [2.75, 3.05) is 12.4 Å². The normalized spacial score (nSPS) is 11.7. The number of carbonyl (C=O) groups is 1. The molecule has 1 amide bonds. The monoisotopic (exact) mass is 429 g/mol. The zero-order valence-corrected chi connectivity index (χ0v) is 17.7. The lowest BCUT2D eigenvalue weighted by atomic mass is 10.1. The van der Waals surface area contributed by atoms with Gasteiger partial charge in [0.2, 0.25) is 5.91 Å². The maximum absolute atomic E-state index is 12.5. The van der Waals surface area contributed by atoms with Crippen LogP contribution in [0.3, 0.4) is 0 Å². The molecule has 3 rings (SSSR count). The summed E-state index contributed by atoms with van der Waals surface area (Å²) in [6, 6.07) is 12.0. The molecule has 1 atom stereocenters. The van der Waals surface area contributed by atoms with Gasteiger partial charge in [-0.25, -0.2) is 4.98 Å². The van der Waals surface area contributed by atoms with Gasteiger partial charge in [0.15, 0.2) is 5.13 Å². The highest BCUT2D eigenvalue weighted by Crippen LogP contribution is 2.33. The Kier molecular flexibility index (Phi) is 6.50. The lowest BCUT2D eigenvalue weighted by Gasteiger charge is -2.10. The molecule has 29 heavy (non-hydrogen) atoms. The molecule has 3 aromatic rings. The summed E-state index contributed by atoms with van der Waals surface area (Å²) < 4.78 is 5.40. The van der Waals surface area contributed by atoms with E-state index < -0.39 is 10.2 Å². The van der Waals surface area contributed by atoms with Crippen molar-refractivity contribution in [3.63, 3.8) is 0 Å². The van der Waals surface area contributed by atoms with Gasteiger partial charge in [-0.3, -0.25) is 14.9 Å². The summed E-state index contributed by atoms with van der Waals surface area (Å²) >= 11 is 2.67. The third kappa shape index (κ3) is 5.12. The first-order valence-corrected chi connectivity index (χ1v) is 10.5. The predicted molar refractivity (Wildman–Crippen MR) is 116 cm³/mol. The third-order valence-corrected chi connectivity index (χ3v) is 5.96. The molecule has 0 saturated carbocycles. The number of hydrogen-bond acceptors (Lipinski definition) is 7. The number of aryl methyl sites for hydroxylation is 1. The van der Waals surface area contributed by atoms with Crippen molar-refractivity contribution in [1.29, 1.82) is 0 Å². The Morgan fingerprint density at radius 1 is 1.28 bits per heavy atom. The topological polar surface area (TPSA) is 94.4 Å². The smallest absolute Gasteiger partial charge is 0.269 e. The number of benzene rings is 2. The molecule has 1 aromatic heterocycles. The number of hydrogen-bond donors (Lipinski definition) is 1. The van der Waals surface area contributed by atoms with Crippen molar-refractivity contribution in [2.45, 2.75) is 24.0 Å². The van der Waals surface area contributed by atoms with Crippen LogP contribution < -0.4 is 10.1 Å². The fourth-order valence-electron chi connectivity index (χ4n) is 2.59. The van der Waals surface area contributed by atoms with Gasteiger partial charge in [0.05, 0.1) is 23.0 Å². The van der Waals surface area contributed by atoms with Crippen molar-refractivity contribution >= 4 is 39.8 Å². The second-order valence-electron chi connectivity index (χ2n) is 6.24.